The van der Waals surface area contributed by atoms with Gasteiger partial charge in [-0.3, -0.25) is 0 Å². The van der Waals surface area contributed by atoms with E-state index in [1.54, 1.807) is 38.1 Å². The van der Waals surface area contributed by atoms with Crippen molar-refractivity contribution in [2.24, 2.45) is 5.16 Å². The Hall–Kier alpha value is -2.26. The van der Waals surface area contributed by atoms with E-state index in [0.29, 0.717) is 11.5 Å². The second kappa shape index (κ2) is 7.54. The van der Waals surface area contributed by atoms with Gasteiger partial charge in [-0.1, -0.05) is 40.5 Å². The van der Waals surface area contributed by atoms with Crippen LogP contribution in [0, 0.1) is 13.8 Å². The van der Waals surface area contributed by atoms with Crippen molar-refractivity contribution in [2.45, 2.75) is 33.4 Å². The Labute approximate surface area is 142 Å². The lowest BCUT2D eigenvalue weighted by Gasteiger charge is -2.24. The van der Waals surface area contributed by atoms with Crippen LogP contribution in [-0.2, 0) is 4.57 Å². The van der Waals surface area contributed by atoms with E-state index in [1.807, 2.05) is 38.1 Å². The van der Waals surface area contributed by atoms with Crippen LogP contribution < -0.4 is 9.05 Å². The van der Waals surface area contributed by atoms with Crippen LogP contribution in [0.1, 0.15) is 25.0 Å². The number of hydrogen-bond donors (Lipinski definition) is 1. The van der Waals surface area contributed by atoms with Gasteiger partial charge >= 0.3 is 7.60 Å². The van der Waals surface area contributed by atoms with Gasteiger partial charge in [0.2, 0.25) is 0 Å². The molecule has 0 spiro atoms. The molecule has 0 amide bonds. The monoisotopic (exact) mass is 347 g/mol. The normalized spacial score (nSPS) is 13.4. The van der Waals surface area contributed by atoms with Crippen LogP contribution in [0.3, 0.4) is 0 Å². The Bertz CT molecular complexity index is 702. The number of benzene rings is 2. The van der Waals surface area contributed by atoms with Crippen LogP contribution in [0.4, 0.5) is 0 Å². The fourth-order valence-corrected chi connectivity index (χ4v) is 3.68. The number of oxime groups is 1. The Morgan fingerprint density at radius 1 is 0.958 bits per heavy atom. The zero-order valence-electron chi connectivity index (χ0n) is 14.3. The molecular formula is C18H22NO4P. The molecule has 0 radical (unpaired) electrons. The van der Waals surface area contributed by atoms with Crippen LogP contribution in [-0.4, -0.2) is 16.6 Å². The molecule has 2 aromatic rings. The molecule has 2 rings (SSSR count). The maximum Gasteiger partial charge on any atom is 0.439 e. The average molecular weight is 347 g/mol. The van der Waals surface area contributed by atoms with Gasteiger partial charge in [0.25, 0.3) is 0 Å². The molecule has 6 heteroatoms. The van der Waals surface area contributed by atoms with Gasteiger partial charge in [-0.25, -0.2) is 4.57 Å². The van der Waals surface area contributed by atoms with Gasteiger partial charge in [0.1, 0.15) is 17.2 Å². The maximum absolute atomic E-state index is 13.4. The van der Waals surface area contributed by atoms with E-state index in [-0.39, 0.29) is 5.71 Å². The maximum atomic E-state index is 13.4. The summed E-state index contributed by atoms with van der Waals surface area (Å²) in [4.78, 5) is 0. The molecule has 2 aromatic carbocycles. The minimum atomic E-state index is -3.65. The van der Waals surface area contributed by atoms with E-state index < -0.39 is 13.3 Å². The Morgan fingerprint density at radius 2 is 1.33 bits per heavy atom. The SMILES string of the molecule is CC(=NO)C(C)P(=O)(Oc1ccc(C)cc1)Oc1ccc(C)cc1. The van der Waals surface area contributed by atoms with Crippen molar-refractivity contribution in [2.75, 3.05) is 0 Å². The summed E-state index contributed by atoms with van der Waals surface area (Å²) in [5.41, 5.74) is 1.71. The molecular weight excluding hydrogens is 325 g/mol. The van der Waals surface area contributed by atoms with Crippen molar-refractivity contribution in [3.63, 3.8) is 0 Å². The minimum Gasteiger partial charge on any atom is -0.416 e. The summed E-state index contributed by atoms with van der Waals surface area (Å²) in [7, 11) is -3.65. The lowest BCUT2D eigenvalue weighted by Crippen LogP contribution is -2.21. The van der Waals surface area contributed by atoms with Crippen molar-refractivity contribution >= 4 is 13.3 Å². The second-order valence-corrected chi connectivity index (χ2v) is 7.99. The van der Waals surface area contributed by atoms with Gasteiger partial charge in [0, 0.05) is 0 Å². The largest absolute Gasteiger partial charge is 0.439 e. The molecule has 1 atom stereocenters. The number of aryl methyl sites for hydroxylation is 2. The van der Waals surface area contributed by atoms with Crippen molar-refractivity contribution < 1.29 is 18.8 Å². The van der Waals surface area contributed by atoms with E-state index in [0.717, 1.165) is 11.1 Å². The quantitative estimate of drug-likeness (QED) is 0.338. The van der Waals surface area contributed by atoms with E-state index in [4.69, 9.17) is 14.3 Å². The molecule has 0 saturated carbocycles. The smallest absolute Gasteiger partial charge is 0.416 e. The highest BCUT2D eigenvalue weighted by Crippen LogP contribution is 2.53. The van der Waals surface area contributed by atoms with Crippen LogP contribution >= 0.6 is 7.60 Å². The van der Waals surface area contributed by atoms with Crippen molar-refractivity contribution in [1.29, 1.82) is 0 Å². The standard InChI is InChI=1S/C18H22NO4P/c1-13-5-9-17(10-6-13)22-24(21,16(4)15(3)19-20)23-18-11-7-14(2)8-12-18/h5-12,16,20H,1-4H3. The molecule has 24 heavy (non-hydrogen) atoms. The second-order valence-electron chi connectivity index (χ2n) is 5.77. The summed E-state index contributed by atoms with van der Waals surface area (Å²) < 4.78 is 24.8. The number of hydrogen-bond acceptors (Lipinski definition) is 5. The molecule has 0 heterocycles. The summed E-state index contributed by atoms with van der Waals surface area (Å²) in [5, 5.41) is 12.2. The first-order valence-electron chi connectivity index (χ1n) is 7.65. The highest BCUT2D eigenvalue weighted by molar-refractivity contribution is 7.56. The minimum absolute atomic E-state index is 0.276. The lowest BCUT2D eigenvalue weighted by atomic mass is 10.2. The van der Waals surface area contributed by atoms with Crippen LogP contribution in [0.5, 0.6) is 11.5 Å². The molecule has 0 aliphatic heterocycles. The molecule has 5 nitrogen and oxygen atoms in total. The Kier molecular flexibility index (Phi) is 5.68. The molecule has 0 aromatic heterocycles. The molecule has 0 bridgehead atoms. The van der Waals surface area contributed by atoms with Gasteiger partial charge < -0.3 is 14.3 Å². The fraction of sp³-hybridized carbons (Fsp3) is 0.278. The summed E-state index contributed by atoms with van der Waals surface area (Å²) in [5.74, 6) is 0.877. The third-order valence-corrected chi connectivity index (χ3v) is 6.00. The summed E-state index contributed by atoms with van der Waals surface area (Å²) in [6.07, 6.45) is 0. The van der Waals surface area contributed by atoms with Crippen LogP contribution in [0.15, 0.2) is 53.7 Å². The van der Waals surface area contributed by atoms with Crippen LogP contribution in [0.25, 0.3) is 0 Å². The first kappa shape index (κ1) is 18.1. The average Bonchev–Trinajstić information content (AvgIpc) is 2.57. The number of rotatable bonds is 6. The molecule has 1 N–H and O–H groups in total. The lowest BCUT2D eigenvalue weighted by molar-refractivity contribution is 0.316. The number of nitrogens with zero attached hydrogens (tertiary/aromatic N) is 1. The van der Waals surface area contributed by atoms with Crippen LogP contribution in [0.2, 0.25) is 0 Å². The zero-order valence-corrected chi connectivity index (χ0v) is 15.2. The van der Waals surface area contributed by atoms with Gasteiger partial charge in [0.15, 0.2) is 0 Å². The predicted molar refractivity (Wildman–Crippen MR) is 95.6 cm³/mol. The third-order valence-electron chi connectivity index (χ3n) is 3.74. The van der Waals surface area contributed by atoms with Gasteiger partial charge in [-0.2, -0.15) is 0 Å². The van der Waals surface area contributed by atoms with Crippen molar-refractivity contribution in [3.8, 4) is 11.5 Å². The zero-order chi connectivity index (χ0) is 17.7. The van der Waals surface area contributed by atoms with E-state index in [9.17, 15) is 4.57 Å². The van der Waals surface area contributed by atoms with Gasteiger partial charge in [0.05, 0.1) is 5.71 Å². The van der Waals surface area contributed by atoms with Crippen molar-refractivity contribution in [3.05, 3.63) is 59.7 Å². The summed E-state index contributed by atoms with van der Waals surface area (Å²) in [6, 6.07) is 14.4. The third kappa shape index (κ3) is 4.39. The Morgan fingerprint density at radius 3 is 1.67 bits per heavy atom. The first-order chi connectivity index (χ1) is 11.3. The predicted octanol–water partition coefficient (Wildman–Crippen LogP) is 5.19. The molecule has 0 fully saturated rings. The van der Waals surface area contributed by atoms with E-state index in [2.05, 4.69) is 5.16 Å². The van der Waals surface area contributed by atoms with E-state index >= 15 is 0 Å². The van der Waals surface area contributed by atoms with Gasteiger partial charge in [-0.15, -0.1) is 0 Å². The Balaban J connectivity index is 2.34. The highest BCUT2D eigenvalue weighted by atomic mass is 31.2. The van der Waals surface area contributed by atoms with Gasteiger partial charge in [-0.05, 0) is 52.0 Å². The fourth-order valence-electron chi connectivity index (χ4n) is 1.98. The first-order valence-corrected chi connectivity index (χ1v) is 9.26. The summed E-state index contributed by atoms with van der Waals surface area (Å²) >= 11 is 0. The molecule has 0 saturated heterocycles. The van der Waals surface area contributed by atoms with Crippen molar-refractivity contribution in [1.82, 2.24) is 0 Å². The molecule has 128 valence electrons. The topological polar surface area (TPSA) is 68.1 Å². The highest BCUT2D eigenvalue weighted by Gasteiger charge is 2.38. The molecule has 0 aliphatic rings. The summed E-state index contributed by atoms with van der Waals surface area (Å²) in [6.45, 7) is 7.14. The molecule has 0 aliphatic carbocycles. The molecule has 1 unspecified atom stereocenters. The van der Waals surface area contributed by atoms with E-state index in [1.165, 1.54) is 0 Å².